The molecule has 6 heteroatoms. The SMILES string of the molecule is C[C@@H](CN)NC(=O)CCc1ncc(-c2ccccc2Cl)o1. The van der Waals surface area contributed by atoms with Gasteiger partial charge < -0.3 is 15.5 Å². The molecule has 0 bridgehead atoms. The maximum Gasteiger partial charge on any atom is 0.220 e. The van der Waals surface area contributed by atoms with E-state index in [1.54, 1.807) is 12.3 Å². The third-order valence-corrected chi connectivity index (χ3v) is 3.35. The van der Waals surface area contributed by atoms with Crippen LogP contribution in [0.25, 0.3) is 11.3 Å². The van der Waals surface area contributed by atoms with Crippen molar-refractivity contribution in [2.75, 3.05) is 6.54 Å². The van der Waals surface area contributed by atoms with Crippen LogP contribution in [-0.4, -0.2) is 23.5 Å². The minimum absolute atomic E-state index is 0.0271. The number of carbonyl (C=O) groups excluding carboxylic acids is 1. The summed E-state index contributed by atoms with van der Waals surface area (Å²) in [6.07, 6.45) is 2.37. The van der Waals surface area contributed by atoms with Crippen LogP contribution in [0.5, 0.6) is 0 Å². The van der Waals surface area contributed by atoms with Crippen LogP contribution in [0.1, 0.15) is 19.2 Å². The summed E-state index contributed by atoms with van der Waals surface area (Å²) >= 11 is 6.11. The van der Waals surface area contributed by atoms with Crippen molar-refractivity contribution in [3.63, 3.8) is 0 Å². The number of benzene rings is 1. The zero-order chi connectivity index (χ0) is 15.2. The van der Waals surface area contributed by atoms with E-state index in [9.17, 15) is 4.79 Å². The van der Waals surface area contributed by atoms with Crippen molar-refractivity contribution in [2.24, 2.45) is 5.73 Å². The van der Waals surface area contributed by atoms with Gasteiger partial charge in [0.1, 0.15) is 0 Å². The van der Waals surface area contributed by atoms with E-state index < -0.39 is 0 Å². The molecule has 1 aromatic heterocycles. The van der Waals surface area contributed by atoms with Crippen LogP contribution < -0.4 is 11.1 Å². The quantitative estimate of drug-likeness (QED) is 0.858. The number of halogens is 1. The van der Waals surface area contributed by atoms with Gasteiger partial charge in [0.15, 0.2) is 11.7 Å². The van der Waals surface area contributed by atoms with E-state index in [0.29, 0.717) is 36.1 Å². The number of aryl methyl sites for hydroxylation is 1. The van der Waals surface area contributed by atoms with Gasteiger partial charge in [-0.05, 0) is 19.1 Å². The highest BCUT2D eigenvalue weighted by Gasteiger charge is 2.11. The Labute approximate surface area is 128 Å². The Bertz CT molecular complexity index is 612. The van der Waals surface area contributed by atoms with E-state index in [-0.39, 0.29) is 11.9 Å². The molecule has 0 aliphatic heterocycles. The summed E-state index contributed by atoms with van der Waals surface area (Å²) in [5.41, 5.74) is 6.24. The summed E-state index contributed by atoms with van der Waals surface area (Å²) in [4.78, 5) is 15.8. The molecule has 1 heterocycles. The van der Waals surface area contributed by atoms with Gasteiger partial charge in [-0.3, -0.25) is 4.79 Å². The molecule has 0 fully saturated rings. The lowest BCUT2D eigenvalue weighted by Crippen LogP contribution is -2.37. The lowest BCUT2D eigenvalue weighted by Gasteiger charge is -2.10. The molecule has 0 aliphatic rings. The van der Waals surface area contributed by atoms with E-state index >= 15 is 0 Å². The first-order valence-electron chi connectivity index (χ1n) is 6.79. The molecule has 112 valence electrons. The number of oxazole rings is 1. The van der Waals surface area contributed by atoms with E-state index in [2.05, 4.69) is 10.3 Å². The number of hydrogen-bond donors (Lipinski definition) is 2. The molecule has 0 saturated heterocycles. The highest BCUT2D eigenvalue weighted by Crippen LogP contribution is 2.28. The molecular formula is C15H18ClN3O2. The van der Waals surface area contributed by atoms with Gasteiger partial charge in [-0.1, -0.05) is 23.7 Å². The summed E-state index contributed by atoms with van der Waals surface area (Å²) in [5.74, 6) is 1.05. The number of carbonyl (C=O) groups is 1. The lowest BCUT2D eigenvalue weighted by atomic mass is 10.2. The van der Waals surface area contributed by atoms with E-state index in [1.165, 1.54) is 0 Å². The standard InChI is InChI=1S/C15H18ClN3O2/c1-10(8-17)19-14(20)6-7-15-18-9-13(21-15)11-4-2-3-5-12(11)16/h2-5,9-10H,6-8,17H2,1H3,(H,19,20)/t10-/m0/s1. The number of aromatic nitrogens is 1. The molecule has 0 spiro atoms. The maximum atomic E-state index is 11.7. The van der Waals surface area contributed by atoms with Crippen LogP contribution in [0.15, 0.2) is 34.9 Å². The van der Waals surface area contributed by atoms with Crippen molar-refractivity contribution < 1.29 is 9.21 Å². The van der Waals surface area contributed by atoms with E-state index in [1.807, 2.05) is 25.1 Å². The Morgan fingerprint density at radius 1 is 1.48 bits per heavy atom. The normalized spacial score (nSPS) is 12.1. The highest BCUT2D eigenvalue weighted by atomic mass is 35.5. The molecule has 1 atom stereocenters. The number of rotatable bonds is 6. The zero-order valence-electron chi connectivity index (χ0n) is 11.8. The number of nitrogens with zero attached hydrogens (tertiary/aromatic N) is 1. The smallest absolute Gasteiger partial charge is 0.220 e. The van der Waals surface area contributed by atoms with E-state index in [0.717, 1.165) is 5.56 Å². The Hall–Kier alpha value is -1.85. The highest BCUT2D eigenvalue weighted by molar-refractivity contribution is 6.33. The summed E-state index contributed by atoms with van der Waals surface area (Å²) in [6.45, 7) is 2.28. The molecular weight excluding hydrogens is 290 g/mol. The van der Waals surface area contributed by atoms with Gasteiger partial charge in [0.2, 0.25) is 5.91 Å². The Morgan fingerprint density at radius 2 is 2.24 bits per heavy atom. The summed E-state index contributed by atoms with van der Waals surface area (Å²) in [5, 5.41) is 3.40. The topological polar surface area (TPSA) is 81.1 Å². The van der Waals surface area contributed by atoms with Crippen LogP contribution in [0.2, 0.25) is 5.02 Å². The van der Waals surface area contributed by atoms with Gasteiger partial charge >= 0.3 is 0 Å². The zero-order valence-corrected chi connectivity index (χ0v) is 12.6. The first-order valence-corrected chi connectivity index (χ1v) is 7.17. The predicted molar refractivity (Wildman–Crippen MR) is 81.9 cm³/mol. The maximum absolute atomic E-state index is 11.7. The van der Waals surface area contributed by atoms with Crippen LogP contribution in [0.4, 0.5) is 0 Å². The van der Waals surface area contributed by atoms with Gasteiger partial charge in [-0.2, -0.15) is 0 Å². The third-order valence-electron chi connectivity index (χ3n) is 3.02. The Morgan fingerprint density at radius 3 is 2.95 bits per heavy atom. The Balaban J connectivity index is 1.95. The minimum Gasteiger partial charge on any atom is -0.441 e. The minimum atomic E-state index is -0.0644. The molecule has 3 N–H and O–H groups in total. The molecule has 0 aliphatic carbocycles. The first kappa shape index (κ1) is 15.5. The second-order valence-electron chi connectivity index (χ2n) is 4.80. The average Bonchev–Trinajstić information content (AvgIpc) is 2.94. The van der Waals surface area contributed by atoms with Crippen molar-refractivity contribution in [1.29, 1.82) is 0 Å². The molecule has 0 radical (unpaired) electrons. The number of hydrogen-bond acceptors (Lipinski definition) is 4. The molecule has 21 heavy (non-hydrogen) atoms. The van der Waals surface area contributed by atoms with Crippen molar-refractivity contribution in [1.82, 2.24) is 10.3 Å². The third kappa shape index (κ3) is 4.31. The second-order valence-corrected chi connectivity index (χ2v) is 5.21. The number of nitrogens with two attached hydrogens (primary N) is 1. The lowest BCUT2D eigenvalue weighted by molar-refractivity contribution is -0.121. The van der Waals surface area contributed by atoms with Crippen LogP contribution in [0, 0.1) is 0 Å². The van der Waals surface area contributed by atoms with Gasteiger partial charge in [0.05, 0.1) is 11.2 Å². The fourth-order valence-corrected chi connectivity index (χ4v) is 2.07. The number of amides is 1. The summed E-state index contributed by atoms with van der Waals surface area (Å²) in [7, 11) is 0. The van der Waals surface area contributed by atoms with E-state index in [4.69, 9.17) is 21.8 Å². The van der Waals surface area contributed by atoms with Gasteiger partial charge in [0, 0.05) is 31.0 Å². The molecule has 0 saturated carbocycles. The predicted octanol–water partition coefficient (Wildman–Crippen LogP) is 2.39. The Kier molecular flexibility index (Phi) is 5.36. The van der Waals surface area contributed by atoms with Gasteiger partial charge in [-0.15, -0.1) is 0 Å². The molecule has 1 amide bonds. The molecule has 5 nitrogen and oxygen atoms in total. The molecule has 2 aromatic rings. The molecule has 1 aromatic carbocycles. The molecule has 0 unspecified atom stereocenters. The van der Waals surface area contributed by atoms with Gasteiger partial charge in [0.25, 0.3) is 0 Å². The second kappa shape index (κ2) is 7.24. The van der Waals surface area contributed by atoms with Crippen molar-refractivity contribution >= 4 is 17.5 Å². The van der Waals surface area contributed by atoms with Crippen molar-refractivity contribution in [2.45, 2.75) is 25.8 Å². The summed E-state index contributed by atoms with van der Waals surface area (Å²) < 4.78 is 5.63. The fourth-order valence-electron chi connectivity index (χ4n) is 1.84. The van der Waals surface area contributed by atoms with Crippen molar-refractivity contribution in [3.8, 4) is 11.3 Å². The molecule has 2 rings (SSSR count). The monoisotopic (exact) mass is 307 g/mol. The number of nitrogens with one attached hydrogen (secondary N) is 1. The summed E-state index contributed by atoms with van der Waals surface area (Å²) in [6, 6.07) is 7.36. The largest absolute Gasteiger partial charge is 0.441 e. The fraction of sp³-hybridized carbons (Fsp3) is 0.333. The van der Waals surface area contributed by atoms with Crippen molar-refractivity contribution in [3.05, 3.63) is 41.4 Å². The first-order chi connectivity index (χ1) is 10.1. The van der Waals surface area contributed by atoms with Gasteiger partial charge in [-0.25, -0.2) is 4.98 Å². The van der Waals surface area contributed by atoms with Crippen LogP contribution >= 0.6 is 11.6 Å². The average molecular weight is 308 g/mol. The van der Waals surface area contributed by atoms with Crippen LogP contribution in [0.3, 0.4) is 0 Å². The van der Waals surface area contributed by atoms with Crippen LogP contribution in [-0.2, 0) is 11.2 Å².